The molecule has 4 aromatic rings. The van der Waals surface area contributed by atoms with Crippen LogP contribution in [0.5, 0.6) is 11.5 Å². The lowest BCUT2D eigenvalue weighted by Crippen LogP contribution is -2.40. The van der Waals surface area contributed by atoms with E-state index in [0.717, 1.165) is 42.7 Å². The number of amides is 1. The maximum absolute atomic E-state index is 12.6. The molecule has 1 aliphatic heterocycles. The SMILES string of the molecule is O=C(CN1CCC(n2c(=O)[nH]c3ccccc32)CC1)Nc1cccc(Oc2ccccc2)c1. The third kappa shape index (κ3) is 4.83. The van der Waals surface area contributed by atoms with Gasteiger partial charge in [-0.25, -0.2) is 4.79 Å². The number of hydrogen-bond donors (Lipinski definition) is 2. The second-order valence-electron chi connectivity index (χ2n) is 8.32. The first-order valence-corrected chi connectivity index (χ1v) is 11.2. The molecule has 3 aromatic carbocycles. The average molecular weight is 443 g/mol. The van der Waals surface area contributed by atoms with E-state index in [1.165, 1.54) is 0 Å². The molecule has 0 bridgehead atoms. The summed E-state index contributed by atoms with van der Waals surface area (Å²) in [6.07, 6.45) is 1.66. The molecule has 0 unspecified atom stereocenters. The highest BCUT2D eigenvalue weighted by Gasteiger charge is 2.24. The van der Waals surface area contributed by atoms with Crippen molar-refractivity contribution in [1.29, 1.82) is 0 Å². The Morgan fingerprint density at radius 2 is 1.67 bits per heavy atom. The molecule has 33 heavy (non-hydrogen) atoms. The maximum atomic E-state index is 12.6. The number of hydrogen-bond acceptors (Lipinski definition) is 4. The molecule has 1 aromatic heterocycles. The van der Waals surface area contributed by atoms with Crippen molar-refractivity contribution < 1.29 is 9.53 Å². The quantitative estimate of drug-likeness (QED) is 0.464. The Kier molecular flexibility index (Phi) is 5.95. The number of aromatic nitrogens is 2. The van der Waals surface area contributed by atoms with Crippen molar-refractivity contribution in [2.75, 3.05) is 25.0 Å². The summed E-state index contributed by atoms with van der Waals surface area (Å²) < 4.78 is 7.71. The van der Waals surface area contributed by atoms with Crippen LogP contribution in [0.3, 0.4) is 0 Å². The first-order valence-electron chi connectivity index (χ1n) is 11.2. The van der Waals surface area contributed by atoms with Gasteiger partial charge in [0.15, 0.2) is 0 Å². The Morgan fingerprint density at radius 3 is 2.48 bits per heavy atom. The fourth-order valence-electron chi connectivity index (χ4n) is 4.44. The number of likely N-dealkylation sites (tertiary alicyclic amines) is 1. The fourth-order valence-corrected chi connectivity index (χ4v) is 4.44. The number of aromatic amines is 1. The highest BCUT2D eigenvalue weighted by molar-refractivity contribution is 5.92. The van der Waals surface area contributed by atoms with E-state index >= 15 is 0 Å². The van der Waals surface area contributed by atoms with Gasteiger partial charge in [0.25, 0.3) is 0 Å². The van der Waals surface area contributed by atoms with E-state index in [2.05, 4.69) is 15.2 Å². The van der Waals surface area contributed by atoms with Gasteiger partial charge in [-0.1, -0.05) is 36.4 Å². The highest BCUT2D eigenvalue weighted by Crippen LogP contribution is 2.26. The van der Waals surface area contributed by atoms with Gasteiger partial charge >= 0.3 is 5.69 Å². The van der Waals surface area contributed by atoms with Crippen molar-refractivity contribution in [3.05, 3.63) is 89.3 Å². The summed E-state index contributed by atoms with van der Waals surface area (Å²) in [5.74, 6) is 1.36. The molecule has 0 radical (unpaired) electrons. The van der Waals surface area contributed by atoms with Gasteiger partial charge < -0.3 is 15.0 Å². The first-order chi connectivity index (χ1) is 16.2. The van der Waals surface area contributed by atoms with E-state index in [9.17, 15) is 9.59 Å². The van der Waals surface area contributed by atoms with Crippen LogP contribution in [0, 0.1) is 0 Å². The molecule has 1 fully saturated rings. The van der Waals surface area contributed by atoms with E-state index in [0.29, 0.717) is 18.0 Å². The Balaban J connectivity index is 1.16. The largest absolute Gasteiger partial charge is 0.457 e. The fraction of sp³-hybridized carbons (Fsp3) is 0.231. The number of carbonyl (C=O) groups excluding carboxylic acids is 1. The van der Waals surface area contributed by atoms with Crippen molar-refractivity contribution in [3.63, 3.8) is 0 Å². The van der Waals surface area contributed by atoms with Crippen LogP contribution in [0.4, 0.5) is 5.69 Å². The summed E-state index contributed by atoms with van der Waals surface area (Å²) in [6.45, 7) is 1.85. The van der Waals surface area contributed by atoms with Crippen LogP contribution in [-0.4, -0.2) is 40.0 Å². The number of ether oxygens (including phenoxy) is 1. The lowest BCUT2D eigenvalue weighted by molar-refractivity contribution is -0.117. The van der Waals surface area contributed by atoms with E-state index < -0.39 is 0 Å². The standard InChI is InChI=1S/C26H26N4O3/c31-25(27-19-7-6-10-22(17-19)33-21-8-2-1-3-9-21)18-29-15-13-20(14-16-29)30-24-12-5-4-11-23(24)28-26(30)32/h1-12,17,20H,13-16,18H2,(H,27,31)(H,28,32). The first kappa shape index (κ1) is 21.0. The zero-order valence-corrected chi connectivity index (χ0v) is 18.2. The minimum atomic E-state index is -0.0648. The third-order valence-corrected chi connectivity index (χ3v) is 6.01. The second kappa shape index (κ2) is 9.34. The topological polar surface area (TPSA) is 79.4 Å². The number of para-hydroxylation sites is 3. The Morgan fingerprint density at radius 1 is 0.939 bits per heavy atom. The Bertz CT molecular complexity index is 1300. The summed E-state index contributed by atoms with van der Waals surface area (Å²) >= 11 is 0. The van der Waals surface area contributed by atoms with Gasteiger partial charge in [0.2, 0.25) is 5.91 Å². The number of fused-ring (bicyclic) bond motifs is 1. The molecule has 168 valence electrons. The zero-order chi connectivity index (χ0) is 22.6. The number of H-pyrrole nitrogens is 1. The highest BCUT2D eigenvalue weighted by atomic mass is 16.5. The molecule has 7 heteroatoms. The van der Waals surface area contributed by atoms with Crippen LogP contribution >= 0.6 is 0 Å². The molecule has 2 N–H and O–H groups in total. The molecular weight excluding hydrogens is 416 g/mol. The number of benzene rings is 3. The molecule has 0 aliphatic carbocycles. The average Bonchev–Trinajstić information content (AvgIpc) is 3.16. The Hall–Kier alpha value is -3.84. The van der Waals surface area contributed by atoms with E-state index in [-0.39, 0.29) is 17.6 Å². The number of anilines is 1. The minimum absolute atomic E-state index is 0.0606. The number of nitrogens with one attached hydrogen (secondary N) is 2. The molecule has 1 aliphatic rings. The van der Waals surface area contributed by atoms with Crippen molar-refractivity contribution in [1.82, 2.24) is 14.5 Å². The normalized spacial score (nSPS) is 14.9. The van der Waals surface area contributed by atoms with Crippen LogP contribution < -0.4 is 15.7 Å². The van der Waals surface area contributed by atoms with E-state index in [4.69, 9.17) is 4.74 Å². The van der Waals surface area contributed by atoms with Crippen molar-refractivity contribution in [3.8, 4) is 11.5 Å². The number of piperidine rings is 1. The summed E-state index contributed by atoms with van der Waals surface area (Å²) in [4.78, 5) is 30.2. The molecule has 2 heterocycles. The predicted molar refractivity (Wildman–Crippen MR) is 129 cm³/mol. The second-order valence-corrected chi connectivity index (χ2v) is 8.32. The molecule has 1 amide bonds. The van der Waals surface area contributed by atoms with Crippen LogP contribution in [-0.2, 0) is 4.79 Å². The number of rotatable bonds is 6. The van der Waals surface area contributed by atoms with Gasteiger partial charge in [-0.05, 0) is 49.2 Å². The monoisotopic (exact) mass is 442 g/mol. The number of imidazole rings is 1. The molecule has 7 nitrogen and oxygen atoms in total. The minimum Gasteiger partial charge on any atom is -0.457 e. The lowest BCUT2D eigenvalue weighted by Gasteiger charge is -2.32. The molecular formula is C26H26N4O3. The third-order valence-electron chi connectivity index (χ3n) is 6.01. The Labute approximate surface area is 191 Å². The maximum Gasteiger partial charge on any atom is 0.326 e. The van der Waals surface area contributed by atoms with Crippen molar-refractivity contribution in [2.24, 2.45) is 0 Å². The van der Waals surface area contributed by atoms with E-state index in [1.807, 2.05) is 83.4 Å². The van der Waals surface area contributed by atoms with Crippen molar-refractivity contribution >= 4 is 22.6 Å². The van der Waals surface area contributed by atoms with Gasteiger partial charge in [-0.15, -0.1) is 0 Å². The lowest BCUT2D eigenvalue weighted by atomic mass is 10.0. The number of carbonyl (C=O) groups is 1. The van der Waals surface area contributed by atoms with Crippen LogP contribution in [0.1, 0.15) is 18.9 Å². The molecule has 5 rings (SSSR count). The molecule has 1 saturated heterocycles. The summed E-state index contributed by atoms with van der Waals surface area (Å²) in [7, 11) is 0. The summed E-state index contributed by atoms with van der Waals surface area (Å²) in [5.41, 5.74) is 2.44. The smallest absolute Gasteiger partial charge is 0.326 e. The van der Waals surface area contributed by atoms with Crippen LogP contribution in [0.2, 0.25) is 0 Å². The van der Waals surface area contributed by atoms with Gasteiger partial charge in [0.1, 0.15) is 11.5 Å². The van der Waals surface area contributed by atoms with Gasteiger partial charge in [0, 0.05) is 30.9 Å². The van der Waals surface area contributed by atoms with Crippen LogP contribution in [0.15, 0.2) is 83.7 Å². The van der Waals surface area contributed by atoms with Gasteiger partial charge in [-0.2, -0.15) is 0 Å². The van der Waals surface area contributed by atoms with Crippen LogP contribution in [0.25, 0.3) is 11.0 Å². The van der Waals surface area contributed by atoms with Crippen molar-refractivity contribution in [2.45, 2.75) is 18.9 Å². The summed E-state index contributed by atoms with van der Waals surface area (Å²) in [6, 6.07) is 24.8. The zero-order valence-electron chi connectivity index (χ0n) is 18.2. The summed E-state index contributed by atoms with van der Waals surface area (Å²) in [5, 5.41) is 2.97. The van der Waals surface area contributed by atoms with Gasteiger partial charge in [-0.3, -0.25) is 14.3 Å². The van der Waals surface area contributed by atoms with E-state index in [1.54, 1.807) is 0 Å². The predicted octanol–water partition coefficient (Wildman–Crippen LogP) is 4.40. The van der Waals surface area contributed by atoms with Gasteiger partial charge in [0.05, 0.1) is 17.6 Å². The molecule has 0 atom stereocenters. The molecule has 0 spiro atoms. The number of nitrogens with zero attached hydrogens (tertiary/aromatic N) is 2. The molecule has 0 saturated carbocycles.